The van der Waals surface area contributed by atoms with E-state index in [1.807, 2.05) is 0 Å². The van der Waals surface area contributed by atoms with Crippen LogP contribution in [0.2, 0.25) is 5.02 Å². The van der Waals surface area contributed by atoms with Gasteiger partial charge in [0.25, 0.3) is 0 Å². The SMILES string of the molecule is CCC(C(=O)Nc1cc(OC)ccc1OC)N(c1ccc(F)c(Cl)c1)S(C)(=O)=O. The zero-order valence-corrected chi connectivity index (χ0v) is 18.0. The van der Waals surface area contributed by atoms with Crippen LogP contribution in [0.25, 0.3) is 0 Å². The summed E-state index contributed by atoms with van der Waals surface area (Å²) < 4.78 is 49.8. The van der Waals surface area contributed by atoms with E-state index in [1.165, 1.54) is 26.4 Å². The predicted molar refractivity (Wildman–Crippen MR) is 111 cm³/mol. The average Bonchev–Trinajstić information content (AvgIpc) is 2.67. The Morgan fingerprint density at radius 2 is 1.90 bits per heavy atom. The van der Waals surface area contributed by atoms with Crippen molar-refractivity contribution >= 4 is 38.9 Å². The van der Waals surface area contributed by atoms with Crippen LogP contribution in [0.4, 0.5) is 15.8 Å². The molecule has 0 aliphatic heterocycles. The number of anilines is 2. The van der Waals surface area contributed by atoms with Crippen molar-refractivity contribution in [2.45, 2.75) is 19.4 Å². The van der Waals surface area contributed by atoms with Gasteiger partial charge in [-0.05, 0) is 36.8 Å². The van der Waals surface area contributed by atoms with Crippen molar-refractivity contribution in [2.24, 2.45) is 0 Å². The first-order valence-corrected chi connectivity index (χ1v) is 10.8. The summed E-state index contributed by atoms with van der Waals surface area (Å²) in [6, 6.07) is 7.19. The van der Waals surface area contributed by atoms with E-state index in [-0.39, 0.29) is 17.1 Å². The molecule has 29 heavy (non-hydrogen) atoms. The highest BCUT2D eigenvalue weighted by Crippen LogP contribution is 2.31. The highest BCUT2D eigenvalue weighted by Gasteiger charge is 2.32. The highest BCUT2D eigenvalue weighted by molar-refractivity contribution is 7.92. The molecule has 1 N–H and O–H groups in total. The molecule has 0 aliphatic rings. The van der Waals surface area contributed by atoms with Crippen molar-refractivity contribution in [2.75, 3.05) is 30.1 Å². The van der Waals surface area contributed by atoms with Gasteiger partial charge in [0.15, 0.2) is 0 Å². The molecule has 2 aromatic carbocycles. The van der Waals surface area contributed by atoms with Gasteiger partial charge in [0.05, 0.1) is 36.9 Å². The van der Waals surface area contributed by atoms with E-state index >= 15 is 0 Å². The molecule has 1 unspecified atom stereocenters. The quantitative estimate of drug-likeness (QED) is 0.671. The number of hydrogen-bond donors (Lipinski definition) is 1. The summed E-state index contributed by atoms with van der Waals surface area (Å²) in [6.45, 7) is 1.66. The van der Waals surface area contributed by atoms with E-state index in [0.717, 1.165) is 16.6 Å². The molecule has 7 nitrogen and oxygen atoms in total. The number of carbonyl (C=O) groups is 1. The van der Waals surface area contributed by atoms with Crippen LogP contribution in [0.15, 0.2) is 36.4 Å². The zero-order chi connectivity index (χ0) is 21.8. The summed E-state index contributed by atoms with van der Waals surface area (Å²) in [5, 5.41) is 2.43. The third-order valence-corrected chi connectivity index (χ3v) is 5.62. The Morgan fingerprint density at radius 3 is 2.41 bits per heavy atom. The Balaban J connectivity index is 2.45. The van der Waals surface area contributed by atoms with Crippen molar-refractivity contribution in [3.8, 4) is 11.5 Å². The van der Waals surface area contributed by atoms with Gasteiger partial charge in [0.1, 0.15) is 23.4 Å². The van der Waals surface area contributed by atoms with Crippen LogP contribution < -0.4 is 19.1 Å². The minimum Gasteiger partial charge on any atom is -0.497 e. The van der Waals surface area contributed by atoms with Crippen LogP contribution in [-0.2, 0) is 14.8 Å². The topological polar surface area (TPSA) is 84.9 Å². The van der Waals surface area contributed by atoms with Crippen LogP contribution in [0.3, 0.4) is 0 Å². The first-order chi connectivity index (χ1) is 13.6. The number of sulfonamides is 1. The monoisotopic (exact) mass is 444 g/mol. The fourth-order valence-corrected chi connectivity index (χ4v) is 4.19. The minimum absolute atomic E-state index is 0.0820. The summed E-state index contributed by atoms with van der Waals surface area (Å²) in [7, 11) is -0.969. The maximum atomic E-state index is 13.5. The molecule has 2 rings (SSSR count). The van der Waals surface area contributed by atoms with E-state index in [9.17, 15) is 17.6 Å². The number of methoxy groups -OCH3 is 2. The molecular formula is C19H22ClFN2O5S. The van der Waals surface area contributed by atoms with Gasteiger partial charge >= 0.3 is 0 Å². The van der Waals surface area contributed by atoms with E-state index < -0.39 is 27.8 Å². The predicted octanol–water partition coefficient (Wildman–Crippen LogP) is 3.68. The molecular weight excluding hydrogens is 423 g/mol. The smallest absolute Gasteiger partial charge is 0.248 e. The van der Waals surface area contributed by atoms with E-state index in [0.29, 0.717) is 17.2 Å². The highest BCUT2D eigenvalue weighted by atomic mass is 35.5. The van der Waals surface area contributed by atoms with E-state index in [4.69, 9.17) is 21.1 Å². The molecule has 0 aliphatic carbocycles. The third-order valence-electron chi connectivity index (χ3n) is 4.15. The van der Waals surface area contributed by atoms with Gasteiger partial charge < -0.3 is 14.8 Å². The zero-order valence-electron chi connectivity index (χ0n) is 16.4. The van der Waals surface area contributed by atoms with Crippen molar-refractivity contribution in [1.29, 1.82) is 0 Å². The molecule has 0 saturated heterocycles. The number of rotatable bonds is 8. The number of nitrogens with one attached hydrogen (secondary N) is 1. The fraction of sp³-hybridized carbons (Fsp3) is 0.316. The molecule has 1 atom stereocenters. The summed E-state index contributed by atoms with van der Waals surface area (Å²) >= 11 is 5.81. The molecule has 0 aromatic heterocycles. The summed E-state index contributed by atoms with van der Waals surface area (Å²) in [6.07, 6.45) is 1.12. The molecule has 0 heterocycles. The second-order valence-electron chi connectivity index (χ2n) is 6.14. The number of benzene rings is 2. The van der Waals surface area contributed by atoms with Crippen LogP contribution >= 0.6 is 11.6 Å². The van der Waals surface area contributed by atoms with Gasteiger partial charge in [0.2, 0.25) is 15.9 Å². The first kappa shape index (κ1) is 22.8. The molecule has 0 fully saturated rings. The molecule has 0 spiro atoms. The molecule has 0 saturated carbocycles. The Morgan fingerprint density at radius 1 is 1.21 bits per heavy atom. The lowest BCUT2D eigenvalue weighted by Crippen LogP contribution is -2.47. The molecule has 158 valence electrons. The van der Waals surface area contributed by atoms with Gasteiger partial charge in [-0.3, -0.25) is 9.10 Å². The van der Waals surface area contributed by atoms with Gasteiger partial charge in [-0.1, -0.05) is 18.5 Å². The van der Waals surface area contributed by atoms with Crippen molar-refractivity contribution in [3.63, 3.8) is 0 Å². The van der Waals surface area contributed by atoms with Crippen molar-refractivity contribution < 1.29 is 27.1 Å². The molecule has 10 heteroatoms. The lowest BCUT2D eigenvalue weighted by atomic mass is 10.1. The fourth-order valence-electron chi connectivity index (χ4n) is 2.81. The first-order valence-electron chi connectivity index (χ1n) is 8.59. The number of carbonyl (C=O) groups excluding carboxylic acids is 1. The number of ether oxygens (including phenoxy) is 2. The van der Waals surface area contributed by atoms with Gasteiger partial charge in [0, 0.05) is 6.07 Å². The van der Waals surface area contributed by atoms with Crippen LogP contribution in [0.5, 0.6) is 11.5 Å². The average molecular weight is 445 g/mol. The Hall–Kier alpha value is -2.52. The minimum atomic E-state index is -3.89. The van der Waals surface area contributed by atoms with E-state index in [2.05, 4.69) is 5.32 Å². The van der Waals surface area contributed by atoms with Crippen LogP contribution in [0.1, 0.15) is 13.3 Å². The Labute approximate surface area is 174 Å². The van der Waals surface area contributed by atoms with Crippen molar-refractivity contribution in [1.82, 2.24) is 0 Å². The normalized spacial score (nSPS) is 12.2. The second kappa shape index (κ2) is 9.32. The lowest BCUT2D eigenvalue weighted by molar-refractivity contribution is -0.117. The van der Waals surface area contributed by atoms with Crippen LogP contribution in [-0.4, -0.2) is 40.8 Å². The van der Waals surface area contributed by atoms with Gasteiger partial charge in [-0.15, -0.1) is 0 Å². The van der Waals surface area contributed by atoms with Gasteiger partial charge in [-0.2, -0.15) is 0 Å². The Kier molecular flexibility index (Phi) is 7.32. The summed E-state index contributed by atoms with van der Waals surface area (Å²) in [4.78, 5) is 13.0. The third kappa shape index (κ3) is 5.30. The lowest BCUT2D eigenvalue weighted by Gasteiger charge is -2.30. The number of amides is 1. The molecule has 0 bridgehead atoms. The summed E-state index contributed by atoms with van der Waals surface area (Å²) in [5.74, 6) is -0.420. The number of nitrogens with zero attached hydrogens (tertiary/aromatic N) is 1. The number of hydrogen-bond acceptors (Lipinski definition) is 5. The standard InChI is InChI=1S/C19H22ClFN2O5S/c1-5-17(19(24)22-16-11-13(27-2)7-9-18(16)28-3)23(29(4,25)26)12-6-8-15(21)14(20)10-12/h6-11,17H,5H2,1-4H3,(H,22,24). The largest absolute Gasteiger partial charge is 0.497 e. The molecule has 2 aromatic rings. The van der Waals surface area contributed by atoms with E-state index in [1.54, 1.807) is 25.1 Å². The Bertz CT molecular complexity index is 1000. The second-order valence-corrected chi connectivity index (χ2v) is 8.40. The van der Waals surface area contributed by atoms with Crippen molar-refractivity contribution in [3.05, 3.63) is 47.2 Å². The molecule has 1 amide bonds. The summed E-state index contributed by atoms with van der Waals surface area (Å²) in [5.41, 5.74) is 0.402. The van der Waals surface area contributed by atoms with Crippen LogP contribution in [0, 0.1) is 5.82 Å². The number of halogens is 2. The maximum absolute atomic E-state index is 13.5. The molecule has 0 radical (unpaired) electrons. The maximum Gasteiger partial charge on any atom is 0.248 e. The van der Waals surface area contributed by atoms with Gasteiger partial charge in [-0.25, -0.2) is 12.8 Å².